The van der Waals surface area contributed by atoms with Crippen molar-refractivity contribution < 1.29 is 0 Å². The molecule has 0 amide bonds. The molecule has 108 valence electrons. The SMILES string of the molecule is CCCNC(CC1CCCCC1)c1cc(Cl)sc1Cl. The van der Waals surface area contributed by atoms with E-state index in [-0.39, 0.29) is 0 Å². The molecular formula is C15H23Cl2NS. The molecule has 0 aromatic carbocycles. The van der Waals surface area contributed by atoms with Crippen molar-refractivity contribution >= 4 is 34.5 Å². The van der Waals surface area contributed by atoms with Crippen LogP contribution >= 0.6 is 34.5 Å². The fourth-order valence-electron chi connectivity index (χ4n) is 2.99. The molecule has 0 saturated heterocycles. The topological polar surface area (TPSA) is 12.0 Å². The first kappa shape index (κ1) is 15.6. The fourth-order valence-corrected chi connectivity index (χ4v) is 4.56. The Morgan fingerprint density at radius 2 is 2.05 bits per heavy atom. The number of hydrogen-bond acceptors (Lipinski definition) is 2. The van der Waals surface area contributed by atoms with E-state index < -0.39 is 0 Å². The van der Waals surface area contributed by atoms with Crippen LogP contribution < -0.4 is 5.32 Å². The summed E-state index contributed by atoms with van der Waals surface area (Å²) < 4.78 is 1.65. The van der Waals surface area contributed by atoms with Crippen LogP contribution in [0.5, 0.6) is 0 Å². The first-order valence-corrected chi connectivity index (χ1v) is 8.96. The Kier molecular flexibility index (Phi) is 6.48. The van der Waals surface area contributed by atoms with Crippen LogP contribution in [0.25, 0.3) is 0 Å². The van der Waals surface area contributed by atoms with Gasteiger partial charge in [-0.1, -0.05) is 62.2 Å². The molecule has 0 spiro atoms. The average Bonchev–Trinajstić information content (AvgIpc) is 2.75. The van der Waals surface area contributed by atoms with E-state index in [2.05, 4.69) is 12.2 Å². The summed E-state index contributed by atoms with van der Waals surface area (Å²) in [5.74, 6) is 0.845. The van der Waals surface area contributed by atoms with Gasteiger partial charge in [0.2, 0.25) is 0 Å². The van der Waals surface area contributed by atoms with Gasteiger partial charge < -0.3 is 5.32 Å². The van der Waals surface area contributed by atoms with Crippen LogP contribution in [0.4, 0.5) is 0 Å². The van der Waals surface area contributed by atoms with Crippen molar-refractivity contribution in [1.82, 2.24) is 5.32 Å². The summed E-state index contributed by atoms with van der Waals surface area (Å²) >= 11 is 13.9. The smallest absolute Gasteiger partial charge is 0.0991 e. The van der Waals surface area contributed by atoms with Crippen molar-refractivity contribution in [2.24, 2.45) is 5.92 Å². The standard InChI is InChI=1S/C15H23Cl2NS/c1-2-8-18-13(9-11-6-4-3-5-7-11)12-10-14(16)19-15(12)17/h10-11,13,18H,2-9H2,1H3. The van der Waals surface area contributed by atoms with Crippen molar-refractivity contribution in [2.45, 2.75) is 57.9 Å². The molecule has 1 aliphatic carbocycles. The molecule has 2 rings (SSSR count). The highest BCUT2D eigenvalue weighted by molar-refractivity contribution is 7.20. The van der Waals surface area contributed by atoms with E-state index in [9.17, 15) is 0 Å². The van der Waals surface area contributed by atoms with Gasteiger partial charge in [-0.25, -0.2) is 0 Å². The Morgan fingerprint density at radius 1 is 1.32 bits per heavy atom. The Morgan fingerprint density at radius 3 is 2.63 bits per heavy atom. The normalized spacial score (nSPS) is 18.7. The quantitative estimate of drug-likeness (QED) is 0.671. The second kappa shape index (κ2) is 7.87. The Bertz CT molecular complexity index is 385. The molecule has 1 N–H and O–H groups in total. The largest absolute Gasteiger partial charge is 0.310 e. The maximum atomic E-state index is 6.33. The van der Waals surface area contributed by atoms with Crippen LogP contribution in [0.15, 0.2) is 6.07 Å². The van der Waals surface area contributed by atoms with Gasteiger partial charge in [0.15, 0.2) is 0 Å². The third-order valence-electron chi connectivity index (χ3n) is 3.99. The fraction of sp³-hybridized carbons (Fsp3) is 0.733. The van der Waals surface area contributed by atoms with Gasteiger partial charge in [0, 0.05) is 11.6 Å². The third-order valence-corrected chi connectivity index (χ3v) is 5.51. The monoisotopic (exact) mass is 319 g/mol. The molecule has 1 saturated carbocycles. The van der Waals surface area contributed by atoms with Crippen molar-refractivity contribution in [3.05, 3.63) is 20.3 Å². The van der Waals surface area contributed by atoms with E-state index in [1.807, 2.05) is 6.07 Å². The number of hydrogen-bond donors (Lipinski definition) is 1. The summed E-state index contributed by atoms with van der Waals surface area (Å²) in [6.45, 7) is 3.24. The van der Waals surface area contributed by atoms with Gasteiger partial charge >= 0.3 is 0 Å². The minimum atomic E-state index is 0.374. The van der Waals surface area contributed by atoms with Gasteiger partial charge in [0.05, 0.1) is 8.67 Å². The van der Waals surface area contributed by atoms with Crippen molar-refractivity contribution in [2.75, 3.05) is 6.54 Å². The lowest BCUT2D eigenvalue weighted by atomic mass is 9.83. The highest BCUT2D eigenvalue weighted by Crippen LogP contribution is 2.39. The number of thiophene rings is 1. The van der Waals surface area contributed by atoms with Crippen molar-refractivity contribution in [1.29, 1.82) is 0 Å². The molecule has 0 aliphatic heterocycles. The minimum absolute atomic E-state index is 0.374. The molecule has 1 heterocycles. The average molecular weight is 320 g/mol. The van der Waals surface area contributed by atoms with E-state index >= 15 is 0 Å². The molecule has 1 atom stereocenters. The van der Waals surface area contributed by atoms with Gasteiger partial charge in [-0.3, -0.25) is 0 Å². The maximum Gasteiger partial charge on any atom is 0.0991 e. The molecule has 19 heavy (non-hydrogen) atoms. The van der Waals surface area contributed by atoms with Gasteiger partial charge in [0.25, 0.3) is 0 Å². The van der Waals surface area contributed by atoms with Gasteiger partial charge in [-0.05, 0) is 31.4 Å². The van der Waals surface area contributed by atoms with Gasteiger partial charge in [-0.15, -0.1) is 11.3 Å². The third kappa shape index (κ3) is 4.63. The minimum Gasteiger partial charge on any atom is -0.310 e. The zero-order valence-corrected chi connectivity index (χ0v) is 13.9. The zero-order chi connectivity index (χ0) is 13.7. The van der Waals surface area contributed by atoms with Crippen LogP contribution in [-0.2, 0) is 0 Å². The van der Waals surface area contributed by atoms with Crippen LogP contribution in [0.1, 0.15) is 63.5 Å². The molecule has 0 radical (unpaired) electrons. The Balaban J connectivity index is 2.04. The molecule has 1 aromatic heterocycles. The summed E-state index contributed by atoms with van der Waals surface area (Å²) in [5, 5.41) is 3.65. The Hall–Kier alpha value is 0.240. The van der Waals surface area contributed by atoms with Crippen LogP contribution in [0.3, 0.4) is 0 Å². The second-order valence-corrected chi connectivity index (χ2v) is 7.81. The van der Waals surface area contributed by atoms with E-state index in [4.69, 9.17) is 23.2 Å². The van der Waals surface area contributed by atoms with Crippen LogP contribution in [-0.4, -0.2) is 6.54 Å². The maximum absolute atomic E-state index is 6.33. The van der Waals surface area contributed by atoms with Gasteiger partial charge in [0.1, 0.15) is 0 Å². The predicted octanol–water partition coefficient (Wildman–Crippen LogP) is 6.07. The molecule has 1 aliphatic rings. The highest BCUT2D eigenvalue weighted by atomic mass is 35.5. The molecular weight excluding hydrogens is 297 g/mol. The van der Waals surface area contributed by atoms with E-state index in [0.717, 1.165) is 27.6 Å². The summed E-state index contributed by atoms with van der Waals surface area (Å²) in [6.07, 6.45) is 9.30. The zero-order valence-electron chi connectivity index (χ0n) is 11.6. The summed E-state index contributed by atoms with van der Waals surface area (Å²) in [4.78, 5) is 0. The second-order valence-electron chi connectivity index (χ2n) is 5.53. The number of halogens is 2. The van der Waals surface area contributed by atoms with Crippen molar-refractivity contribution in [3.8, 4) is 0 Å². The summed E-state index contributed by atoms with van der Waals surface area (Å²) in [7, 11) is 0. The molecule has 4 heteroatoms. The first-order chi connectivity index (χ1) is 9.20. The molecule has 1 unspecified atom stereocenters. The Labute approximate surface area is 130 Å². The molecule has 1 fully saturated rings. The number of rotatable bonds is 6. The molecule has 1 aromatic rings. The lowest BCUT2D eigenvalue weighted by Crippen LogP contribution is -2.25. The van der Waals surface area contributed by atoms with Crippen LogP contribution in [0.2, 0.25) is 8.67 Å². The number of nitrogens with one attached hydrogen (secondary N) is 1. The van der Waals surface area contributed by atoms with E-state index in [1.165, 1.54) is 55.4 Å². The summed E-state index contributed by atoms with van der Waals surface area (Å²) in [5.41, 5.74) is 1.20. The van der Waals surface area contributed by atoms with Crippen LogP contribution in [0, 0.1) is 5.92 Å². The van der Waals surface area contributed by atoms with E-state index in [0.29, 0.717) is 6.04 Å². The van der Waals surface area contributed by atoms with E-state index in [1.54, 1.807) is 0 Å². The lowest BCUT2D eigenvalue weighted by molar-refractivity contribution is 0.300. The molecule has 0 bridgehead atoms. The predicted molar refractivity (Wildman–Crippen MR) is 86.6 cm³/mol. The first-order valence-electron chi connectivity index (χ1n) is 7.38. The van der Waals surface area contributed by atoms with Crippen molar-refractivity contribution in [3.63, 3.8) is 0 Å². The summed E-state index contributed by atoms with van der Waals surface area (Å²) in [6, 6.07) is 2.42. The molecule has 1 nitrogen and oxygen atoms in total. The lowest BCUT2D eigenvalue weighted by Gasteiger charge is -2.27. The highest BCUT2D eigenvalue weighted by Gasteiger charge is 2.22. The van der Waals surface area contributed by atoms with Gasteiger partial charge in [-0.2, -0.15) is 0 Å².